The summed E-state index contributed by atoms with van der Waals surface area (Å²) in [4.78, 5) is 47.9. The number of likely N-dealkylation sites (tertiary alicyclic amines) is 2. The Kier molecular flexibility index (Phi) is 8.53. The Labute approximate surface area is 232 Å². The average Bonchev–Trinajstić information content (AvgIpc) is 3.61. The normalized spacial score (nSPS) is 18.8. The van der Waals surface area contributed by atoms with Crippen molar-refractivity contribution in [2.45, 2.75) is 70.3 Å². The first kappa shape index (κ1) is 27.2. The number of anilines is 1. The SMILES string of the molecule is CCCCCCc1ccc(C(=O)N2CCC3(CC2)C(=O)N(CC(=O)N2CCCC2)CN3c2ccccc2)cc1. The molecule has 2 aromatic carbocycles. The van der Waals surface area contributed by atoms with Crippen molar-refractivity contribution in [2.24, 2.45) is 0 Å². The molecule has 2 aromatic rings. The molecule has 3 saturated heterocycles. The largest absolute Gasteiger partial charge is 0.341 e. The van der Waals surface area contributed by atoms with Crippen LogP contribution in [0.2, 0.25) is 0 Å². The lowest BCUT2D eigenvalue weighted by atomic mass is 9.85. The number of nitrogens with zero attached hydrogens (tertiary/aromatic N) is 4. The molecule has 3 aliphatic rings. The first-order chi connectivity index (χ1) is 19.0. The lowest BCUT2D eigenvalue weighted by Crippen LogP contribution is -2.57. The van der Waals surface area contributed by atoms with Gasteiger partial charge >= 0.3 is 0 Å². The second-order valence-corrected chi connectivity index (χ2v) is 11.3. The molecule has 0 aromatic heterocycles. The maximum atomic E-state index is 13.9. The maximum Gasteiger partial charge on any atom is 0.253 e. The van der Waals surface area contributed by atoms with Crippen molar-refractivity contribution in [1.82, 2.24) is 14.7 Å². The van der Waals surface area contributed by atoms with Crippen LogP contribution in [0.4, 0.5) is 5.69 Å². The molecule has 3 aliphatic heterocycles. The third-order valence-electron chi connectivity index (χ3n) is 8.76. The Bertz CT molecular complexity index is 1140. The average molecular weight is 531 g/mol. The fourth-order valence-corrected chi connectivity index (χ4v) is 6.38. The summed E-state index contributed by atoms with van der Waals surface area (Å²) in [5.74, 6) is 0.0749. The number of hydrogen-bond acceptors (Lipinski definition) is 4. The van der Waals surface area contributed by atoms with Crippen LogP contribution in [-0.2, 0) is 16.0 Å². The molecular formula is C32H42N4O3. The van der Waals surface area contributed by atoms with Gasteiger partial charge in [-0.05, 0) is 68.4 Å². The molecule has 7 nitrogen and oxygen atoms in total. The van der Waals surface area contributed by atoms with Gasteiger partial charge in [-0.2, -0.15) is 0 Å². The van der Waals surface area contributed by atoms with Crippen molar-refractivity contribution < 1.29 is 14.4 Å². The Hall–Kier alpha value is -3.35. The Morgan fingerprint density at radius 2 is 1.51 bits per heavy atom. The quantitative estimate of drug-likeness (QED) is 0.441. The second-order valence-electron chi connectivity index (χ2n) is 11.3. The first-order valence-electron chi connectivity index (χ1n) is 14.8. The molecule has 208 valence electrons. The van der Waals surface area contributed by atoms with Crippen LogP contribution in [0.1, 0.15) is 74.2 Å². The smallest absolute Gasteiger partial charge is 0.253 e. The number of benzene rings is 2. The molecule has 5 rings (SSSR count). The number of hydrogen-bond donors (Lipinski definition) is 0. The molecule has 0 atom stereocenters. The highest BCUT2D eigenvalue weighted by Crippen LogP contribution is 2.39. The van der Waals surface area contributed by atoms with Crippen molar-refractivity contribution in [3.05, 3.63) is 65.7 Å². The topological polar surface area (TPSA) is 64.2 Å². The minimum absolute atomic E-state index is 0.0124. The van der Waals surface area contributed by atoms with Gasteiger partial charge in [0.1, 0.15) is 12.1 Å². The third-order valence-corrected chi connectivity index (χ3v) is 8.76. The zero-order chi connectivity index (χ0) is 27.2. The van der Waals surface area contributed by atoms with Gasteiger partial charge in [0, 0.05) is 37.4 Å². The van der Waals surface area contributed by atoms with E-state index < -0.39 is 5.54 Å². The van der Waals surface area contributed by atoms with E-state index in [0.717, 1.165) is 38.0 Å². The Balaban J connectivity index is 1.26. The van der Waals surface area contributed by atoms with E-state index >= 15 is 0 Å². The van der Waals surface area contributed by atoms with Gasteiger partial charge in [-0.1, -0.05) is 56.5 Å². The van der Waals surface area contributed by atoms with Gasteiger partial charge in [-0.15, -0.1) is 0 Å². The van der Waals surface area contributed by atoms with Gasteiger partial charge in [0.2, 0.25) is 5.91 Å². The van der Waals surface area contributed by atoms with Crippen LogP contribution in [0.5, 0.6) is 0 Å². The highest BCUT2D eigenvalue weighted by atomic mass is 16.2. The van der Waals surface area contributed by atoms with Crippen LogP contribution in [0.3, 0.4) is 0 Å². The van der Waals surface area contributed by atoms with Crippen LogP contribution in [-0.4, -0.2) is 77.4 Å². The summed E-state index contributed by atoms with van der Waals surface area (Å²) < 4.78 is 0. The molecule has 1 spiro atoms. The van der Waals surface area contributed by atoms with Crippen LogP contribution < -0.4 is 4.90 Å². The van der Waals surface area contributed by atoms with Gasteiger partial charge in [-0.25, -0.2) is 0 Å². The van der Waals surface area contributed by atoms with Crippen LogP contribution in [0.15, 0.2) is 54.6 Å². The highest BCUT2D eigenvalue weighted by molar-refractivity contribution is 5.97. The molecule has 0 aliphatic carbocycles. The zero-order valence-electron chi connectivity index (χ0n) is 23.3. The molecule has 0 bridgehead atoms. The third kappa shape index (κ3) is 5.82. The van der Waals surface area contributed by atoms with Crippen molar-refractivity contribution in [1.29, 1.82) is 0 Å². The molecule has 39 heavy (non-hydrogen) atoms. The number of piperidine rings is 1. The standard InChI is InChI=1S/C32H42N4O3/c1-2-3-4-6-11-26-14-16-27(17-15-26)30(38)34-22-18-32(19-23-34)31(39)35(24-29(37)33-20-9-10-21-33)25-36(32)28-12-7-5-8-13-28/h5,7-8,12-17H,2-4,6,9-11,18-25H2,1H3. The van der Waals surface area contributed by atoms with E-state index in [1.807, 2.05) is 52.3 Å². The number of rotatable bonds is 9. The summed E-state index contributed by atoms with van der Waals surface area (Å²) in [6, 6.07) is 18.1. The fraction of sp³-hybridized carbons (Fsp3) is 0.531. The summed E-state index contributed by atoms with van der Waals surface area (Å²) >= 11 is 0. The van der Waals surface area contributed by atoms with Gasteiger partial charge in [0.15, 0.2) is 0 Å². The monoisotopic (exact) mass is 530 g/mol. The van der Waals surface area contributed by atoms with E-state index in [1.54, 1.807) is 4.90 Å². The van der Waals surface area contributed by atoms with E-state index in [0.29, 0.717) is 38.2 Å². The van der Waals surface area contributed by atoms with Crippen molar-refractivity contribution in [3.8, 4) is 0 Å². The van der Waals surface area contributed by atoms with Crippen LogP contribution in [0.25, 0.3) is 0 Å². The number of carbonyl (C=O) groups is 3. The van der Waals surface area contributed by atoms with E-state index in [9.17, 15) is 14.4 Å². The van der Waals surface area contributed by atoms with E-state index in [4.69, 9.17) is 0 Å². The minimum Gasteiger partial charge on any atom is -0.341 e. The molecule has 0 saturated carbocycles. The Morgan fingerprint density at radius 3 is 2.18 bits per heavy atom. The number of aryl methyl sites for hydroxylation is 1. The van der Waals surface area contributed by atoms with Gasteiger partial charge < -0.3 is 19.6 Å². The Morgan fingerprint density at radius 1 is 0.821 bits per heavy atom. The predicted molar refractivity (Wildman–Crippen MR) is 153 cm³/mol. The zero-order valence-corrected chi connectivity index (χ0v) is 23.3. The summed E-state index contributed by atoms with van der Waals surface area (Å²) in [5.41, 5.74) is 2.24. The first-order valence-corrected chi connectivity index (χ1v) is 14.8. The van der Waals surface area contributed by atoms with Crippen molar-refractivity contribution >= 4 is 23.4 Å². The number of carbonyl (C=O) groups excluding carboxylic acids is 3. The van der Waals surface area contributed by atoms with Crippen molar-refractivity contribution in [2.75, 3.05) is 44.3 Å². The summed E-state index contributed by atoms with van der Waals surface area (Å²) in [7, 11) is 0. The molecular weight excluding hydrogens is 488 g/mol. The molecule has 0 N–H and O–H groups in total. The minimum atomic E-state index is -0.730. The molecule has 0 radical (unpaired) electrons. The maximum absolute atomic E-state index is 13.9. The molecule has 0 unspecified atom stereocenters. The van der Waals surface area contributed by atoms with Gasteiger partial charge in [0.05, 0.1) is 6.67 Å². The van der Waals surface area contributed by atoms with Crippen LogP contribution >= 0.6 is 0 Å². The number of unbranched alkanes of at least 4 members (excludes halogenated alkanes) is 3. The van der Waals surface area contributed by atoms with E-state index in [1.165, 1.54) is 31.2 Å². The predicted octanol–water partition coefficient (Wildman–Crippen LogP) is 4.71. The molecule has 3 fully saturated rings. The second kappa shape index (κ2) is 12.2. The lowest BCUT2D eigenvalue weighted by molar-refractivity contribution is -0.140. The van der Waals surface area contributed by atoms with Crippen molar-refractivity contribution in [3.63, 3.8) is 0 Å². The van der Waals surface area contributed by atoms with Crippen LogP contribution in [0, 0.1) is 0 Å². The number of para-hydroxylation sites is 1. The molecule has 7 heteroatoms. The fourth-order valence-electron chi connectivity index (χ4n) is 6.38. The summed E-state index contributed by atoms with van der Waals surface area (Å²) in [5, 5.41) is 0. The molecule has 3 heterocycles. The van der Waals surface area contributed by atoms with E-state index in [-0.39, 0.29) is 24.3 Å². The molecule has 3 amide bonds. The van der Waals surface area contributed by atoms with E-state index in [2.05, 4.69) is 24.0 Å². The van der Waals surface area contributed by atoms with Gasteiger partial charge in [0.25, 0.3) is 11.8 Å². The lowest BCUT2D eigenvalue weighted by Gasteiger charge is -2.43. The highest BCUT2D eigenvalue weighted by Gasteiger charge is 2.54. The number of amides is 3. The summed E-state index contributed by atoms with van der Waals surface area (Å²) in [6.45, 7) is 5.34. The summed E-state index contributed by atoms with van der Waals surface area (Å²) in [6.07, 6.45) is 9.15. The van der Waals surface area contributed by atoms with Gasteiger partial charge in [-0.3, -0.25) is 14.4 Å².